The van der Waals surface area contributed by atoms with E-state index in [0.717, 1.165) is 5.56 Å². The second-order valence-electron chi connectivity index (χ2n) is 6.73. The Hall–Kier alpha value is -2.63. The zero-order valence-electron chi connectivity index (χ0n) is 14.7. The summed E-state index contributed by atoms with van der Waals surface area (Å²) < 4.78 is 6.92. The van der Waals surface area contributed by atoms with Gasteiger partial charge in [-0.05, 0) is 45.4 Å². The molecule has 0 N–H and O–H groups in total. The number of aryl methyl sites for hydroxylation is 2. The van der Waals surface area contributed by atoms with Crippen LogP contribution in [0.1, 0.15) is 32.0 Å². The Kier molecular flexibility index (Phi) is 5.07. The van der Waals surface area contributed by atoms with Gasteiger partial charge >= 0.3 is 6.09 Å². The normalized spacial score (nSPS) is 11.2. The number of pyridine rings is 2. The molecule has 0 spiro atoms. The van der Waals surface area contributed by atoms with Gasteiger partial charge in [0.15, 0.2) is 0 Å². The molecule has 0 aromatic carbocycles. The van der Waals surface area contributed by atoms with Crippen LogP contribution in [-0.4, -0.2) is 21.2 Å². The predicted octanol–water partition coefficient (Wildman–Crippen LogP) is 3.03. The van der Waals surface area contributed by atoms with Crippen LogP contribution < -0.4 is 10.5 Å². The van der Waals surface area contributed by atoms with Crippen LogP contribution in [0.2, 0.25) is 0 Å². The molecule has 6 nitrogen and oxygen atoms in total. The van der Waals surface area contributed by atoms with Gasteiger partial charge in [-0.15, -0.1) is 0 Å². The van der Waals surface area contributed by atoms with Crippen molar-refractivity contribution in [2.24, 2.45) is 7.05 Å². The molecule has 0 fully saturated rings. The van der Waals surface area contributed by atoms with E-state index < -0.39 is 11.7 Å². The van der Waals surface area contributed by atoms with Gasteiger partial charge in [-0.3, -0.25) is 14.7 Å². The molecule has 2 aromatic heterocycles. The van der Waals surface area contributed by atoms with Crippen LogP contribution in [0, 0.1) is 6.92 Å². The summed E-state index contributed by atoms with van der Waals surface area (Å²) in [5, 5.41) is 0. The monoisotopic (exact) mass is 329 g/mol. The molecule has 2 heterocycles. The number of aromatic nitrogens is 2. The van der Waals surface area contributed by atoms with Crippen LogP contribution in [0.15, 0.2) is 41.5 Å². The fourth-order valence-corrected chi connectivity index (χ4v) is 2.04. The van der Waals surface area contributed by atoms with Crippen LogP contribution in [0.25, 0.3) is 0 Å². The highest BCUT2D eigenvalue weighted by Gasteiger charge is 2.24. The molecule has 0 radical (unpaired) electrons. The molecule has 24 heavy (non-hydrogen) atoms. The molecule has 128 valence electrons. The van der Waals surface area contributed by atoms with E-state index in [1.807, 2.05) is 19.1 Å². The maximum absolute atomic E-state index is 12.6. The first-order chi connectivity index (χ1) is 11.2. The number of anilines is 1. The summed E-state index contributed by atoms with van der Waals surface area (Å²) in [6.45, 7) is 7.58. The second-order valence-corrected chi connectivity index (χ2v) is 6.73. The lowest BCUT2D eigenvalue weighted by atomic mass is 10.2. The molecule has 0 saturated heterocycles. The van der Waals surface area contributed by atoms with Gasteiger partial charge < -0.3 is 9.30 Å². The first-order valence-electron chi connectivity index (χ1n) is 7.74. The minimum atomic E-state index is -0.629. The molecule has 2 aromatic rings. The number of nitrogens with zero attached hydrogens (tertiary/aromatic N) is 3. The Bertz CT molecular complexity index is 773. The number of hydrogen-bond donors (Lipinski definition) is 0. The smallest absolute Gasteiger partial charge is 0.415 e. The summed E-state index contributed by atoms with van der Waals surface area (Å²) in [7, 11) is 1.66. The number of ether oxygens (including phenoxy) is 1. The van der Waals surface area contributed by atoms with E-state index in [9.17, 15) is 9.59 Å². The van der Waals surface area contributed by atoms with E-state index >= 15 is 0 Å². The number of hydrogen-bond acceptors (Lipinski definition) is 4. The van der Waals surface area contributed by atoms with Crippen LogP contribution in [0.4, 0.5) is 10.5 Å². The van der Waals surface area contributed by atoms with Gasteiger partial charge in [0.1, 0.15) is 5.60 Å². The van der Waals surface area contributed by atoms with Crippen molar-refractivity contribution in [2.45, 2.75) is 39.8 Å². The van der Waals surface area contributed by atoms with E-state index in [-0.39, 0.29) is 12.1 Å². The van der Waals surface area contributed by atoms with Crippen molar-refractivity contribution in [3.63, 3.8) is 0 Å². The molecule has 0 saturated carbocycles. The van der Waals surface area contributed by atoms with E-state index in [1.54, 1.807) is 46.3 Å². The van der Waals surface area contributed by atoms with Crippen molar-refractivity contribution in [3.8, 4) is 0 Å². The van der Waals surface area contributed by atoms with Gasteiger partial charge in [0, 0.05) is 25.5 Å². The third kappa shape index (κ3) is 4.68. The minimum Gasteiger partial charge on any atom is -0.443 e. The third-order valence-corrected chi connectivity index (χ3v) is 3.31. The quantitative estimate of drug-likeness (QED) is 0.868. The van der Waals surface area contributed by atoms with Gasteiger partial charge in [0.05, 0.1) is 17.9 Å². The molecular formula is C18H23N3O3. The van der Waals surface area contributed by atoms with Gasteiger partial charge in [-0.25, -0.2) is 4.79 Å². The average Bonchev–Trinajstić information content (AvgIpc) is 2.48. The van der Waals surface area contributed by atoms with Crippen molar-refractivity contribution >= 4 is 11.8 Å². The number of amides is 1. The summed E-state index contributed by atoms with van der Waals surface area (Å²) in [6, 6.07) is 6.91. The zero-order chi connectivity index (χ0) is 17.9. The Morgan fingerprint density at radius 2 is 2.00 bits per heavy atom. The molecule has 0 unspecified atom stereocenters. The zero-order valence-corrected chi connectivity index (χ0v) is 14.7. The van der Waals surface area contributed by atoms with Gasteiger partial charge in [-0.2, -0.15) is 0 Å². The SMILES string of the molecule is Cc1ccc(CN(C(=O)OC(C)(C)C)c2ccn(C)c(=O)c2)nc1. The van der Waals surface area contributed by atoms with Crippen molar-refractivity contribution in [1.82, 2.24) is 9.55 Å². The summed E-state index contributed by atoms with van der Waals surface area (Å²) in [6.07, 6.45) is 2.85. The number of carbonyl (C=O) groups is 1. The Labute approximate surface area is 141 Å². The van der Waals surface area contributed by atoms with Crippen molar-refractivity contribution in [2.75, 3.05) is 4.90 Å². The fourth-order valence-electron chi connectivity index (χ4n) is 2.04. The predicted molar refractivity (Wildman–Crippen MR) is 93.1 cm³/mol. The largest absolute Gasteiger partial charge is 0.443 e. The highest BCUT2D eigenvalue weighted by Crippen LogP contribution is 2.19. The maximum Gasteiger partial charge on any atom is 0.415 e. The lowest BCUT2D eigenvalue weighted by Gasteiger charge is -2.27. The lowest BCUT2D eigenvalue weighted by Crippen LogP contribution is -2.37. The molecular weight excluding hydrogens is 306 g/mol. The highest BCUT2D eigenvalue weighted by molar-refractivity contribution is 5.87. The third-order valence-electron chi connectivity index (χ3n) is 3.31. The van der Waals surface area contributed by atoms with Gasteiger partial charge in [0.25, 0.3) is 5.56 Å². The molecule has 0 bridgehead atoms. The van der Waals surface area contributed by atoms with E-state index in [4.69, 9.17) is 4.74 Å². The summed E-state index contributed by atoms with van der Waals surface area (Å²) in [5.74, 6) is 0. The summed E-state index contributed by atoms with van der Waals surface area (Å²) >= 11 is 0. The minimum absolute atomic E-state index is 0.196. The van der Waals surface area contributed by atoms with Crippen molar-refractivity contribution in [1.29, 1.82) is 0 Å². The van der Waals surface area contributed by atoms with Gasteiger partial charge in [-0.1, -0.05) is 6.07 Å². The number of rotatable bonds is 3. The molecule has 6 heteroatoms. The molecule has 0 aliphatic carbocycles. The maximum atomic E-state index is 12.6. The topological polar surface area (TPSA) is 64.4 Å². The Morgan fingerprint density at radius 3 is 2.54 bits per heavy atom. The Balaban J connectivity index is 2.36. The molecule has 2 rings (SSSR count). The summed E-state index contributed by atoms with van der Waals surface area (Å²) in [5.41, 5.74) is 1.41. The van der Waals surface area contributed by atoms with E-state index in [1.165, 1.54) is 15.5 Å². The first kappa shape index (κ1) is 17.7. The lowest BCUT2D eigenvalue weighted by molar-refractivity contribution is 0.0577. The van der Waals surface area contributed by atoms with Crippen LogP contribution >= 0.6 is 0 Å². The van der Waals surface area contributed by atoms with Crippen LogP contribution in [-0.2, 0) is 18.3 Å². The standard InChI is InChI=1S/C18H23N3O3/c1-13-6-7-14(19-11-13)12-21(17(23)24-18(2,3)4)15-8-9-20(5)16(22)10-15/h6-11H,12H2,1-5H3. The van der Waals surface area contributed by atoms with Crippen LogP contribution in [0.3, 0.4) is 0 Å². The number of carbonyl (C=O) groups excluding carboxylic acids is 1. The average molecular weight is 329 g/mol. The molecule has 1 amide bonds. The summed E-state index contributed by atoms with van der Waals surface area (Å²) in [4.78, 5) is 30.3. The van der Waals surface area contributed by atoms with Crippen LogP contribution in [0.5, 0.6) is 0 Å². The molecule has 0 aliphatic heterocycles. The fraction of sp³-hybridized carbons (Fsp3) is 0.389. The first-order valence-corrected chi connectivity index (χ1v) is 7.74. The van der Waals surface area contributed by atoms with E-state index in [2.05, 4.69) is 4.98 Å². The van der Waals surface area contributed by atoms with E-state index in [0.29, 0.717) is 11.4 Å². The molecule has 0 atom stereocenters. The Morgan fingerprint density at radius 1 is 1.29 bits per heavy atom. The van der Waals surface area contributed by atoms with Crippen molar-refractivity contribution in [3.05, 3.63) is 58.3 Å². The molecule has 0 aliphatic rings. The second kappa shape index (κ2) is 6.86. The van der Waals surface area contributed by atoms with Crippen molar-refractivity contribution < 1.29 is 9.53 Å². The van der Waals surface area contributed by atoms with Gasteiger partial charge in [0.2, 0.25) is 0 Å². The highest BCUT2D eigenvalue weighted by atomic mass is 16.6.